The van der Waals surface area contributed by atoms with Gasteiger partial charge in [0, 0.05) is 23.4 Å². The van der Waals surface area contributed by atoms with Crippen molar-refractivity contribution >= 4 is 17.9 Å². The van der Waals surface area contributed by atoms with E-state index in [1.54, 1.807) is 23.9 Å². The Morgan fingerprint density at radius 2 is 2.23 bits per heavy atom. The van der Waals surface area contributed by atoms with E-state index < -0.39 is 11.7 Å². The number of nitrogens with one attached hydrogen (secondary N) is 2. The van der Waals surface area contributed by atoms with Gasteiger partial charge in [-0.1, -0.05) is 6.07 Å². The highest BCUT2D eigenvalue weighted by Crippen LogP contribution is 2.30. The van der Waals surface area contributed by atoms with Crippen molar-refractivity contribution in [2.75, 3.05) is 26.0 Å². The number of alkyl carbamates (subject to hydrolysis) is 1. The number of hydrogen-bond donors (Lipinski definition) is 2. The third-order valence-corrected chi connectivity index (χ3v) is 5.93. The second-order valence-corrected chi connectivity index (χ2v) is 8.40. The fourth-order valence-electron chi connectivity index (χ4n) is 3.20. The topological polar surface area (TPSA) is 117 Å². The highest BCUT2D eigenvalue weighted by Gasteiger charge is 2.24. The molecular formula is C21H24N4O4S. The summed E-state index contributed by atoms with van der Waals surface area (Å²) in [5, 5.41) is 12.3. The quantitative estimate of drug-likeness (QED) is 0.679. The van der Waals surface area contributed by atoms with Gasteiger partial charge in [0.25, 0.3) is 5.56 Å². The monoisotopic (exact) mass is 428 g/mol. The number of aromatic nitrogens is 2. The molecule has 1 aliphatic heterocycles. The first-order chi connectivity index (χ1) is 14.4. The van der Waals surface area contributed by atoms with E-state index in [0.717, 1.165) is 29.0 Å². The molecule has 8 nitrogen and oxygen atoms in total. The predicted octanol–water partition coefficient (Wildman–Crippen LogP) is 2.71. The van der Waals surface area contributed by atoms with Gasteiger partial charge < -0.3 is 19.8 Å². The molecule has 2 N–H and O–H groups in total. The van der Waals surface area contributed by atoms with Crippen molar-refractivity contribution in [2.24, 2.45) is 0 Å². The van der Waals surface area contributed by atoms with Gasteiger partial charge in [0.15, 0.2) is 0 Å². The van der Waals surface area contributed by atoms with Gasteiger partial charge in [-0.05, 0) is 43.7 Å². The number of methoxy groups -OCH3 is 1. The maximum atomic E-state index is 12.4. The number of nitrogens with zero attached hydrogens (tertiary/aromatic N) is 2. The van der Waals surface area contributed by atoms with Crippen LogP contribution in [0.4, 0.5) is 4.79 Å². The van der Waals surface area contributed by atoms with Crippen molar-refractivity contribution < 1.29 is 14.3 Å². The molecule has 0 spiro atoms. The molecule has 1 aliphatic rings. The lowest BCUT2D eigenvalue weighted by Gasteiger charge is -2.26. The number of benzene rings is 1. The minimum atomic E-state index is -0.685. The molecule has 1 aromatic heterocycles. The number of aromatic amines is 1. The number of nitriles is 1. The number of carbonyl (C=O) groups excluding carboxylic acids is 1. The van der Waals surface area contributed by atoms with E-state index in [9.17, 15) is 14.9 Å². The minimum absolute atomic E-state index is 0.142. The summed E-state index contributed by atoms with van der Waals surface area (Å²) >= 11 is 1.72. The molecule has 2 aromatic rings. The summed E-state index contributed by atoms with van der Waals surface area (Å²) < 4.78 is 10.4. The average molecular weight is 429 g/mol. The van der Waals surface area contributed by atoms with Crippen LogP contribution in [0.2, 0.25) is 0 Å². The third-order valence-electron chi connectivity index (χ3n) is 4.94. The molecule has 0 saturated heterocycles. The largest absolute Gasteiger partial charge is 0.453 e. The lowest BCUT2D eigenvalue weighted by Crippen LogP contribution is -2.31. The standard InChI is InChI=1S/C21H24N4O4S/c1-21(2,29-8-7-23-20(27)28-3)14-4-5-15(13(10-14)11-22)18-24-17-6-9-30-12-16(17)19(26)25-18/h4-5,10H,6-9,12H2,1-3H3,(H,23,27)(H,24,25,26). The van der Waals surface area contributed by atoms with Crippen molar-refractivity contribution in [3.8, 4) is 17.5 Å². The molecule has 1 aromatic carbocycles. The van der Waals surface area contributed by atoms with Gasteiger partial charge >= 0.3 is 6.09 Å². The smallest absolute Gasteiger partial charge is 0.406 e. The Hall–Kier alpha value is -2.83. The Labute approximate surface area is 179 Å². The summed E-state index contributed by atoms with van der Waals surface area (Å²) in [5.74, 6) is 2.01. The first kappa shape index (κ1) is 21.9. The fourth-order valence-corrected chi connectivity index (χ4v) is 4.19. The summed E-state index contributed by atoms with van der Waals surface area (Å²) in [4.78, 5) is 31.0. The third kappa shape index (κ3) is 4.83. The normalized spacial score (nSPS) is 13.3. The van der Waals surface area contributed by atoms with Crippen LogP contribution in [0.15, 0.2) is 23.0 Å². The van der Waals surface area contributed by atoms with Crippen molar-refractivity contribution in [1.82, 2.24) is 15.3 Å². The molecule has 0 fully saturated rings. The number of aryl methyl sites for hydroxylation is 1. The van der Waals surface area contributed by atoms with Crippen LogP contribution in [0.1, 0.15) is 36.2 Å². The van der Waals surface area contributed by atoms with E-state index in [4.69, 9.17) is 4.74 Å². The highest BCUT2D eigenvalue weighted by molar-refractivity contribution is 7.98. The van der Waals surface area contributed by atoms with Gasteiger partial charge in [-0.25, -0.2) is 9.78 Å². The summed E-state index contributed by atoms with van der Waals surface area (Å²) in [7, 11) is 1.30. The van der Waals surface area contributed by atoms with Crippen molar-refractivity contribution in [2.45, 2.75) is 31.6 Å². The van der Waals surface area contributed by atoms with E-state index in [0.29, 0.717) is 29.2 Å². The Kier molecular flexibility index (Phi) is 6.80. The SMILES string of the molecule is COC(=O)NCCOC(C)(C)c1ccc(-c2nc3c(c(=O)[nH]2)CSCC3)c(C#N)c1. The maximum Gasteiger partial charge on any atom is 0.406 e. The molecule has 158 valence electrons. The van der Waals surface area contributed by atoms with Gasteiger partial charge in [-0.3, -0.25) is 4.79 Å². The van der Waals surface area contributed by atoms with E-state index >= 15 is 0 Å². The van der Waals surface area contributed by atoms with Gasteiger partial charge in [-0.15, -0.1) is 0 Å². The van der Waals surface area contributed by atoms with Crippen molar-refractivity contribution in [3.05, 3.63) is 50.9 Å². The first-order valence-electron chi connectivity index (χ1n) is 9.56. The second kappa shape index (κ2) is 9.32. The van der Waals surface area contributed by atoms with E-state index in [1.807, 2.05) is 19.9 Å². The Morgan fingerprint density at radius 1 is 1.43 bits per heavy atom. The van der Waals surface area contributed by atoms with Gasteiger partial charge in [0.05, 0.1) is 36.6 Å². The Balaban J connectivity index is 1.83. The van der Waals surface area contributed by atoms with E-state index in [-0.39, 0.29) is 12.2 Å². The summed E-state index contributed by atoms with van der Waals surface area (Å²) in [5.41, 5.74) is 2.50. The number of amides is 1. The summed E-state index contributed by atoms with van der Waals surface area (Å²) in [6.07, 6.45) is 0.231. The number of fused-ring (bicyclic) bond motifs is 1. The molecule has 0 bridgehead atoms. The first-order valence-corrected chi connectivity index (χ1v) is 10.7. The number of H-pyrrole nitrogens is 1. The number of rotatable bonds is 6. The molecule has 30 heavy (non-hydrogen) atoms. The van der Waals surface area contributed by atoms with Crippen LogP contribution in [0.25, 0.3) is 11.4 Å². The number of hydrogen-bond acceptors (Lipinski definition) is 7. The van der Waals surface area contributed by atoms with Gasteiger partial charge in [0.1, 0.15) is 5.82 Å². The lowest BCUT2D eigenvalue weighted by molar-refractivity contribution is -0.0195. The van der Waals surface area contributed by atoms with Crippen LogP contribution in [0.5, 0.6) is 0 Å². The number of ether oxygens (including phenoxy) is 2. The molecule has 0 saturated carbocycles. The molecule has 0 aliphatic carbocycles. The van der Waals surface area contributed by atoms with Crippen LogP contribution in [-0.4, -0.2) is 42.1 Å². The van der Waals surface area contributed by atoms with E-state index in [1.165, 1.54) is 7.11 Å². The van der Waals surface area contributed by atoms with E-state index in [2.05, 4.69) is 26.1 Å². The van der Waals surface area contributed by atoms with Crippen LogP contribution in [-0.2, 0) is 27.2 Å². The molecule has 0 atom stereocenters. The van der Waals surface area contributed by atoms with Crippen LogP contribution < -0.4 is 10.9 Å². The molecule has 0 radical (unpaired) electrons. The lowest BCUT2D eigenvalue weighted by atomic mass is 9.93. The number of thioether (sulfide) groups is 1. The maximum absolute atomic E-state index is 12.4. The second-order valence-electron chi connectivity index (χ2n) is 7.29. The Bertz CT molecular complexity index is 1040. The molecule has 2 heterocycles. The molecule has 0 unspecified atom stereocenters. The fraction of sp³-hybridized carbons (Fsp3) is 0.429. The zero-order valence-corrected chi connectivity index (χ0v) is 18.0. The highest BCUT2D eigenvalue weighted by atomic mass is 32.2. The van der Waals surface area contributed by atoms with Gasteiger partial charge in [0.2, 0.25) is 0 Å². The molecular weight excluding hydrogens is 404 g/mol. The van der Waals surface area contributed by atoms with Gasteiger partial charge in [-0.2, -0.15) is 17.0 Å². The summed E-state index contributed by atoms with van der Waals surface area (Å²) in [6.45, 7) is 4.36. The van der Waals surface area contributed by atoms with Crippen molar-refractivity contribution in [3.63, 3.8) is 0 Å². The molecule has 3 rings (SSSR count). The predicted molar refractivity (Wildman–Crippen MR) is 114 cm³/mol. The zero-order valence-electron chi connectivity index (χ0n) is 17.2. The minimum Gasteiger partial charge on any atom is -0.453 e. The van der Waals surface area contributed by atoms with Crippen LogP contribution >= 0.6 is 11.8 Å². The average Bonchev–Trinajstić information content (AvgIpc) is 2.76. The molecule has 1 amide bonds. The molecule has 9 heteroatoms. The van der Waals surface area contributed by atoms with Crippen LogP contribution in [0, 0.1) is 11.3 Å². The number of carbonyl (C=O) groups is 1. The summed E-state index contributed by atoms with van der Waals surface area (Å²) in [6, 6.07) is 7.59. The Morgan fingerprint density at radius 3 is 2.97 bits per heavy atom. The van der Waals surface area contributed by atoms with Crippen molar-refractivity contribution in [1.29, 1.82) is 5.26 Å². The zero-order chi connectivity index (χ0) is 21.7. The van der Waals surface area contributed by atoms with Crippen LogP contribution in [0.3, 0.4) is 0 Å².